The summed E-state index contributed by atoms with van der Waals surface area (Å²) in [6.45, 7) is 20.2. The van der Waals surface area contributed by atoms with Crippen LogP contribution in [0.2, 0.25) is 0 Å². The van der Waals surface area contributed by atoms with Gasteiger partial charge in [-0.2, -0.15) is 5.11 Å². The predicted molar refractivity (Wildman–Crippen MR) is 243 cm³/mol. The Hall–Kier alpha value is -5.96. The second kappa shape index (κ2) is 18.5. The number of nitrogens with one attached hydrogen (secondary N) is 1. The molecule has 0 spiro atoms. The highest BCUT2D eigenvalue weighted by Crippen LogP contribution is 2.46. The summed E-state index contributed by atoms with van der Waals surface area (Å²) in [4.78, 5) is 26.3. The van der Waals surface area contributed by atoms with Crippen molar-refractivity contribution in [1.29, 1.82) is 0 Å². The quantitative estimate of drug-likeness (QED) is 0.0328. The number of azo groups is 1. The molecule has 9 heteroatoms. The van der Waals surface area contributed by atoms with E-state index in [1.807, 2.05) is 24.3 Å². The Labute approximate surface area is 355 Å². The van der Waals surface area contributed by atoms with Crippen LogP contribution in [0.1, 0.15) is 101 Å². The third-order valence-electron chi connectivity index (χ3n) is 12.4. The number of carbonyl (C=O) groups is 2. The smallest absolute Gasteiger partial charge is 0.343 e. The lowest BCUT2D eigenvalue weighted by Crippen LogP contribution is -2.52. The number of benzene rings is 5. The third-order valence-corrected chi connectivity index (χ3v) is 12.4. The van der Waals surface area contributed by atoms with Crippen LogP contribution < -0.4 is 19.7 Å². The van der Waals surface area contributed by atoms with Crippen molar-refractivity contribution in [1.82, 2.24) is 0 Å². The van der Waals surface area contributed by atoms with E-state index in [9.17, 15) is 9.59 Å². The van der Waals surface area contributed by atoms with Gasteiger partial charge in [0.05, 0.1) is 30.2 Å². The third kappa shape index (κ3) is 10.1. The van der Waals surface area contributed by atoms with Gasteiger partial charge >= 0.3 is 11.9 Å². The number of esters is 2. The molecule has 5 aromatic rings. The Morgan fingerprint density at radius 2 is 1.48 bits per heavy atom. The van der Waals surface area contributed by atoms with Crippen molar-refractivity contribution in [3.8, 4) is 11.5 Å². The maximum Gasteiger partial charge on any atom is 0.343 e. The molecule has 314 valence electrons. The van der Waals surface area contributed by atoms with Gasteiger partial charge in [-0.15, -0.1) is 5.11 Å². The van der Waals surface area contributed by atoms with E-state index >= 15 is 0 Å². The van der Waals surface area contributed by atoms with E-state index in [0.29, 0.717) is 30.3 Å². The molecular weight excluding hydrogens is 749 g/mol. The molecule has 1 unspecified atom stereocenters. The summed E-state index contributed by atoms with van der Waals surface area (Å²) < 4.78 is 16.5. The lowest BCUT2D eigenvalue weighted by molar-refractivity contribution is -0.137. The molecule has 6 rings (SSSR count). The van der Waals surface area contributed by atoms with E-state index in [1.165, 1.54) is 11.6 Å². The highest BCUT2D eigenvalue weighted by molar-refractivity contribution is 6.10. The molecule has 0 saturated heterocycles. The summed E-state index contributed by atoms with van der Waals surface area (Å²) in [6, 6.07) is 31.8. The molecule has 0 bridgehead atoms. The van der Waals surface area contributed by atoms with Crippen LogP contribution in [-0.4, -0.2) is 37.9 Å². The number of aryl methyl sites for hydroxylation is 2. The summed E-state index contributed by atoms with van der Waals surface area (Å²) in [5, 5.41) is 15.6. The molecular formula is C51H60N4O5. The minimum Gasteiger partial charge on any atom is -0.494 e. The minimum absolute atomic E-state index is 0.0152. The zero-order valence-corrected chi connectivity index (χ0v) is 36.6. The Kier molecular flexibility index (Phi) is 13.5. The maximum absolute atomic E-state index is 12.9. The van der Waals surface area contributed by atoms with Crippen LogP contribution >= 0.6 is 0 Å². The number of unbranched alkanes of at least 4 members (excludes halogenated alkanes) is 3. The van der Waals surface area contributed by atoms with Crippen molar-refractivity contribution in [2.75, 3.05) is 30.5 Å². The van der Waals surface area contributed by atoms with E-state index in [1.54, 1.807) is 24.3 Å². The number of nitrogens with zero attached hydrogens (tertiary/aromatic N) is 3. The number of ether oxygens (including phenoxy) is 3. The Morgan fingerprint density at radius 3 is 2.17 bits per heavy atom. The van der Waals surface area contributed by atoms with Gasteiger partial charge in [0.1, 0.15) is 17.2 Å². The Morgan fingerprint density at radius 1 is 0.817 bits per heavy atom. The zero-order chi connectivity index (χ0) is 43.1. The second-order valence-corrected chi connectivity index (χ2v) is 17.6. The van der Waals surface area contributed by atoms with Crippen molar-refractivity contribution in [3.63, 3.8) is 0 Å². The molecule has 0 radical (unpaired) electrons. The molecule has 1 heterocycles. The number of hydrogen-bond donors (Lipinski definition) is 1. The first-order valence-corrected chi connectivity index (χ1v) is 21.0. The van der Waals surface area contributed by atoms with Crippen LogP contribution in [0.3, 0.4) is 0 Å². The van der Waals surface area contributed by atoms with Crippen LogP contribution in [0.25, 0.3) is 10.8 Å². The van der Waals surface area contributed by atoms with Crippen molar-refractivity contribution >= 4 is 45.5 Å². The fourth-order valence-corrected chi connectivity index (χ4v) is 7.36. The molecule has 0 saturated carbocycles. The first-order valence-electron chi connectivity index (χ1n) is 21.0. The van der Waals surface area contributed by atoms with Gasteiger partial charge in [0.25, 0.3) is 0 Å². The van der Waals surface area contributed by atoms with Crippen LogP contribution in [0.5, 0.6) is 11.5 Å². The summed E-state index contributed by atoms with van der Waals surface area (Å²) >= 11 is 0. The number of carbonyl (C=O) groups excluding carboxylic acids is 2. The topological polar surface area (TPSA) is 102 Å². The SMILES string of the molecule is C=CC(=O)OCCCCCCOc1ccc(C(=O)Oc2ccc(CCC3(C)Nc4cccc5c(N=Nc6ccc(C(C)(C)C(C)(C)C)cc6C)ccc(c45)N3C)cc2)cc1. The molecule has 1 aliphatic heterocycles. The zero-order valence-electron chi connectivity index (χ0n) is 36.6. The van der Waals surface area contributed by atoms with Crippen molar-refractivity contribution < 1.29 is 23.8 Å². The summed E-state index contributed by atoms with van der Waals surface area (Å²) in [5.74, 6) is 0.379. The predicted octanol–water partition coefficient (Wildman–Crippen LogP) is 13.0. The number of hydrogen-bond acceptors (Lipinski definition) is 9. The van der Waals surface area contributed by atoms with Crippen molar-refractivity contribution in [2.24, 2.45) is 15.6 Å². The summed E-state index contributed by atoms with van der Waals surface area (Å²) in [7, 11) is 2.14. The first kappa shape index (κ1) is 43.6. The molecule has 0 amide bonds. The highest BCUT2D eigenvalue weighted by Gasteiger charge is 2.36. The molecule has 60 heavy (non-hydrogen) atoms. The molecule has 0 aliphatic carbocycles. The van der Waals surface area contributed by atoms with Crippen LogP contribution in [0.4, 0.5) is 22.7 Å². The van der Waals surface area contributed by atoms with Gasteiger partial charge in [0.15, 0.2) is 0 Å². The second-order valence-electron chi connectivity index (χ2n) is 17.6. The van der Waals surface area contributed by atoms with E-state index < -0.39 is 5.97 Å². The monoisotopic (exact) mass is 808 g/mol. The van der Waals surface area contributed by atoms with Gasteiger partial charge < -0.3 is 24.4 Å². The largest absolute Gasteiger partial charge is 0.494 e. The van der Waals surface area contributed by atoms with Gasteiger partial charge in [-0.3, -0.25) is 0 Å². The molecule has 0 aromatic heterocycles. The average molecular weight is 809 g/mol. The number of rotatable bonds is 17. The number of anilines is 2. The minimum atomic E-state index is -0.422. The average Bonchev–Trinajstić information content (AvgIpc) is 3.23. The van der Waals surface area contributed by atoms with E-state index in [4.69, 9.17) is 24.4 Å². The first-order chi connectivity index (χ1) is 28.6. The van der Waals surface area contributed by atoms with Gasteiger partial charge in [0, 0.05) is 35.3 Å². The maximum atomic E-state index is 12.9. The highest BCUT2D eigenvalue weighted by atomic mass is 16.5. The molecule has 5 aromatic carbocycles. The fraction of sp³-hybridized carbons (Fsp3) is 0.373. The summed E-state index contributed by atoms with van der Waals surface area (Å²) in [5.41, 5.74) is 7.72. The van der Waals surface area contributed by atoms with E-state index in [-0.39, 0.29) is 22.5 Å². The van der Waals surface area contributed by atoms with Crippen molar-refractivity contribution in [3.05, 3.63) is 132 Å². The van der Waals surface area contributed by atoms with E-state index in [0.717, 1.165) is 83.2 Å². The van der Waals surface area contributed by atoms with E-state index in [2.05, 4.69) is 121 Å². The Bertz CT molecular complexity index is 2340. The van der Waals surface area contributed by atoms with Crippen molar-refractivity contribution in [2.45, 2.75) is 98.1 Å². The van der Waals surface area contributed by atoms with Gasteiger partial charge in [-0.25, -0.2) is 9.59 Å². The van der Waals surface area contributed by atoms with Gasteiger partial charge in [-0.05, 0) is 141 Å². The lowest BCUT2D eigenvalue weighted by Gasteiger charge is -2.46. The molecule has 1 atom stereocenters. The standard InChI is InChI=1S/C51H60N4O5/c1-10-46(56)59-33-14-12-11-13-32-58-39-25-20-37(21-26-39)48(57)60-40-23-18-36(19-24-40)30-31-51(8)52-44-17-15-16-41-43(28-29-45(47(41)44)55(51)9)54-53-42-27-22-38(34-35(42)2)50(6,7)49(3,4)5/h10,15-29,34,52H,1,11-14,30-33H2,2-9H3. The Balaban J connectivity index is 1.02. The van der Waals surface area contributed by atoms with Gasteiger partial charge in [-0.1, -0.05) is 77.6 Å². The van der Waals surface area contributed by atoms with Crippen LogP contribution in [0, 0.1) is 12.3 Å². The molecule has 1 aliphatic rings. The normalized spacial score (nSPS) is 15.2. The fourth-order valence-electron chi connectivity index (χ4n) is 7.36. The van der Waals surface area contributed by atoms with Crippen LogP contribution in [-0.2, 0) is 21.4 Å². The molecule has 1 N–H and O–H groups in total. The lowest BCUT2D eigenvalue weighted by atomic mass is 9.65. The van der Waals surface area contributed by atoms with Gasteiger partial charge in [0.2, 0.25) is 0 Å². The van der Waals surface area contributed by atoms with Crippen LogP contribution in [0.15, 0.2) is 120 Å². The molecule has 9 nitrogen and oxygen atoms in total. The summed E-state index contributed by atoms with van der Waals surface area (Å²) in [6.07, 6.45) is 6.44. The molecule has 0 fully saturated rings.